The molecule has 2 aromatic rings. The number of nitrogens with one attached hydrogen (secondary N) is 1. The molecule has 0 saturated heterocycles. The van der Waals surface area contributed by atoms with Crippen molar-refractivity contribution in [2.24, 2.45) is 0 Å². The van der Waals surface area contributed by atoms with Crippen LogP contribution in [0, 0.1) is 18.3 Å². The van der Waals surface area contributed by atoms with Gasteiger partial charge in [0.2, 0.25) is 0 Å². The van der Waals surface area contributed by atoms with Gasteiger partial charge in [-0.05, 0) is 37.4 Å². The van der Waals surface area contributed by atoms with Gasteiger partial charge in [0.05, 0.1) is 11.3 Å². The Morgan fingerprint density at radius 2 is 1.83 bits per heavy atom. The molecule has 0 heterocycles. The van der Waals surface area contributed by atoms with E-state index in [2.05, 4.69) is 18.3 Å². The van der Waals surface area contributed by atoms with Crippen LogP contribution in [-0.4, -0.2) is 6.26 Å². The topological polar surface area (TPSA) is 35.8 Å². The number of anilines is 2. The van der Waals surface area contributed by atoms with Gasteiger partial charge in [-0.3, -0.25) is 0 Å². The number of thioether (sulfide) groups is 1. The Morgan fingerprint density at radius 3 is 2.44 bits per heavy atom. The van der Waals surface area contributed by atoms with Crippen molar-refractivity contribution in [1.82, 2.24) is 0 Å². The molecule has 0 aromatic heterocycles. The lowest BCUT2D eigenvalue weighted by molar-refractivity contribution is 1.35. The predicted octanol–water partition coefficient (Wildman–Crippen LogP) is 4.33. The second-order valence-corrected chi connectivity index (χ2v) is 4.83. The molecule has 0 aliphatic rings. The van der Waals surface area contributed by atoms with Gasteiger partial charge in [0.15, 0.2) is 0 Å². The van der Waals surface area contributed by atoms with E-state index in [1.165, 1.54) is 5.56 Å². The Hall–Kier alpha value is -1.92. The maximum Gasteiger partial charge on any atom is 0.103 e. The van der Waals surface area contributed by atoms with E-state index in [1.54, 1.807) is 11.8 Å². The molecule has 0 aliphatic carbocycles. The molecule has 90 valence electrons. The number of aryl methyl sites for hydroxylation is 1. The first-order valence-electron chi connectivity index (χ1n) is 5.65. The van der Waals surface area contributed by atoms with Crippen LogP contribution in [-0.2, 0) is 0 Å². The highest BCUT2D eigenvalue weighted by Gasteiger charge is 2.07. The van der Waals surface area contributed by atoms with Crippen LogP contribution in [0.2, 0.25) is 0 Å². The van der Waals surface area contributed by atoms with Crippen LogP contribution in [0.4, 0.5) is 11.4 Å². The number of benzene rings is 2. The van der Waals surface area contributed by atoms with Gasteiger partial charge < -0.3 is 5.32 Å². The monoisotopic (exact) mass is 254 g/mol. The molecule has 0 unspecified atom stereocenters. The molecule has 2 nitrogen and oxygen atoms in total. The van der Waals surface area contributed by atoms with Crippen molar-refractivity contribution in [3.05, 3.63) is 53.6 Å². The molecule has 2 aromatic carbocycles. The largest absolute Gasteiger partial charge is 0.354 e. The third-order valence-corrected chi connectivity index (χ3v) is 3.47. The Balaban J connectivity index is 2.35. The highest BCUT2D eigenvalue weighted by Crippen LogP contribution is 2.28. The summed E-state index contributed by atoms with van der Waals surface area (Å²) in [4.78, 5) is 0.995. The van der Waals surface area contributed by atoms with E-state index in [1.807, 2.05) is 48.7 Å². The Labute approximate surface area is 112 Å². The maximum absolute atomic E-state index is 9.25. The lowest BCUT2D eigenvalue weighted by Crippen LogP contribution is -1.94. The van der Waals surface area contributed by atoms with Gasteiger partial charge in [-0.15, -0.1) is 11.8 Å². The minimum Gasteiger partial charge on any atom is -0.354 e. The number of nitrogens with zero attached hydrogens (tertiary/aromatic N) is 1. The van der Waals surface area contributed by atoms with Crippen LogP contribution in [0.25, 0.3) is 0 Å². The quantitative estimate of drug-likeness (QED) is 0.828. The van der Waals surface area contributed by atoms with E-state index < -0.39 is 0 Å². The van der Waals surface area contributed by atoms with Gasteiger partial charge in [0, 0.05) is 10.6 Å². The average Bonchev–Trinajstić information content (AvgIpc) is 2.41. The Kier molecular flexibility index (Phi) is 3.91. The zero-order valence-corrected chi connectivity index (χ0v) is 11.2. The Morgan fingerprint density at radius 1 is 1.11 bits per heavy atom. The van der Waals surface area contributed by atoms with Crippen molar-refractivity contribution in [3.8, 4) is 6.07 Å². The molecule has 0 fully saturated rings. The Bertz CT molecular complexity index is 582. The molecule has 0 spiro atoms. The normalized spacial score (nSPS) is 9.83. The SMILES string of the molecule is CSc1cccc(Nc2ccc(C)cc2)c1C#N. The van der Waals surface area contributed by atoms with E-state index in [0.29, 0.717) is 5.56 Å². The second-order valence-electron chi connectivity index (χ2n) is 3.99. The molecule has 2 rings (SSSR count). The fraction of sp³-hybridized carbons (Fsp3) is 0.133. The van der Waals surface area contributed by atoms with Gasteiger partial charge in [0.25, 0.3) is 0 Å². The minimum absolute atomic E-state index is 0.700. The van der Waals surface area contributed by atoms with Gasteiger partial charge in [-0.1, -0.05) is 23.8 Å². The molecule has 18 heavy (non-hydrogen) atoms. The maximum atomic E-state index is 9.25. The van der Waals surface area contributed by atoms with Crippen LogP contribution in [0.5, 0.6) is 0 Å². The number of nitriles is 1. The zero-order valence-electron chi connectivity index (χ0n) is 10.4. The van der Waals surface area contributed by atoms with Crippen molar-refractivity contribution in [3.63, 3.8) is 0 Å². The average molecular weight is 254 g/mol. The standard InChI is InChI=1S/C15H14N2S/c1-11-6-8-12(9-7-11)17-14-4-3-5-15(18-2)13(14)10-16/h3-9,17H,1-2H3. The van der Waals surface area contributed by atoms with Crippen molar-refractivity contribution >= 4 is 23.1 Å². The lowest BCUT2D eigenvalue weighted by Gasteiger charge is -2.10. The number of hydrogen-bond acceptors (Lipinski definition) is 3. The molecule has 0 amide bonds. The summed E-state index contributed by atoms with van der Waals surface area (Å²) < 4.78 is 0. The fourth-order valence-electron chi connectivity index (χ4n) is 1.71. The van der Waals surface area contributed by atoms with E-state index in [-0.39, 0.29) is 0 Å². The lowest BCUT2D eigenvalue weighted by atomic mass is 10.1. The molecule has 3 heteroatoms. The summed E-state index contributed by atoms with van der Waals surface area (Å²) in [6.07, 6.45) is 1.98. The summed E-state index contributed by atoms with van der Waals surface area (Å²) in [6, 6.07) is 16.2. The summed E-state index contributed by atoms with van der Waals surface area (Å²) >= 11 is 1.58. The van der Waals surface area contributed by atoms with Crippen LogP contribution < -0.4 is 5.32 Å². The molecule has 0 aliphatic heterocycles. The summed E-state index contributed by atoms with van der Waals surface area (Å²) in [5, 5.41) is 12.5. The van der Waals surface area contributed by atoms with Gasteiger partial charge in [-0.25, -0.2) is 0 Å². The highest BCUT2D eigenvalue weighted by atomic mass is 32.2. The smallest absolute Gasteiger partial charge is 0.103 e. The first kappa shape index (κ1) is 12.5. The van der Waals surface area contributed by atoms with Crippen molar-refractivity contribution in [2.75, 3.05) is 11.6 Å². The fourth-order valence-corrected chi connectivity index (χ4v) is 2.29. The highest BCUT2D eigenvalue weighted by molar-refractivity contribution is 7.98. The van der Waals surface area contributed by atoms with Crippen molar-refractivity contribution < 1.29 is 0 Å². The first-order chi connectivity index (χ1) is 8.74. The summed E-state index contributed by atoms with van der Waals surface area (Å²) in [7, 11) is 0. The van der Waals surface area contributed by atoms with Crippen LogP contribution in [0.3, 0.4) is 0 Å². The van der Waals surface area contributed by atoms with Gasteiger partial charge in [0.1, 0.15) is 6.07 Å². The molecule has 0 saturated carbocycles. The third-order valence-electron chi connectivity index (χ3n) is 2.69. The molecule has 0 bridgehead atoms. The summed E-state index contributed by atoms with van der Waals surface area (Å²) in [6.45, 7) is 2.05. The molecule has 0 radical (unpaired) electrons. The summed E-state index contributed by atoms with van der Waals surface area (Å²) in [5.74, 6) is 0. The zero-order chi connectivity index (χ0) is 13.0. The third kappa shape index (κ3) is 2.66. The molecule has 0 atom stereocenters. The van der Waals surface area contributed by atoms with E-state index in [4.69, 9.17) is 0 Å². The number of rotatable bonds is 3. The minimum atomic E-state index is 0.700. The second kappa shape index (κ2) is 5.61. The molecular weight excluding hydrogens is 240 g/mol. The van der Waals surface area contributed by atoms with E-state index in [9.17, 15) is 5.26 Å². The van der Waals surface area contributed by atoms with E-state index in [0.717, 1.165) is 16.3 Å². The van der Waals surface area contributed by atoms with Crippen molar-refractivity contribution in [1.29, 1.82) is 5.26 Å². The molecule has 1 N–H and O–H groups in total. The summed E-state index contributed by atoms with van der Waals surface area (Å²) in [5.41, 5.74) is 3.77. The van der Waals surface area contributed by atoms with Gasteiger partial charge in [-0.2, -0.15) is 5.26 Å². The van der Waals surface area contributed by atoms with Crippen molar-refractivity contribution in [2.45, 2.75) is 11.8 Å². The van der Waals surface area contributed by atoms with E-state index >= 15 is 0 Å². The van der Waals surface area contributed by atoms with Crippen LogP contribution in [0.1, 0.15) is 11.1 Å². The first-order valence-corrected chi connectivity index (χ1v) is 6.88. The van der Waals surface area contributed by atoms with Crippen LogP contribution >= 0.6 is 11.8 Å². The predicted molar refractivity (Wildman–Crippen MR) is 77.4 cm³/mol. The molecular formula is C15H14N2S. The number of hydrogen-bond donors (Lipinski definition) is 1. The van der Waals surface area contributed by atoms with Gasteiger partial charge >= 0.3 is 0 Å². The van der Waals surface area contributed by atoms with Crippen LogP contribution in [0.15, 0.2) is 47.4 Å².